The maximum atomic E-state index is 13.2. The van der Waals surface area contributed by atoms with Crippen molar-refractivity contribution in [3.8, 4) is 0 Å². The highest BCUT2D eigenvalue weighted by molar-refractivity contribution is 6.25. The Bertz CT molecular complexity index is 825. The van der Waals surface area contributed by atoms with E-state index >= 15 is 0 Å². The monoisotopic (exact) mass is 368 g/mol. The van der Waals surface area contributed by atoms with Crippen LogP contribution in [0.4, 0.5) is 0 Å². The first kappa shape index (κ1) is 19.6. The van der Waals surface area contributed by atoms with Gasteiger partial charge < -0.3 is 14.9 Å². The van der Waals surface area contributed by atoms with Crippen LogP contribution in [0.2, 0.25) is 0 Å². The fourth-order valence-electron chi connectivity index (χ4n) is 4.29. The summed E-state index contributed by atoms with van der Waals surface area (Å²) in [6.07, 6.45) is 4.77. The highest BCUT2D eigenvalue weighted by Crippen LogP contribution is 2.42. The second-order valence-corrected chi connectivity index (χ2v) is 7.94. The van der Waals surface area contributed by atoms with Crippen LogP contribution in [-0.4, -0.2) is 33.8 Å². The van der Waals surface area contributed by atoms with Crippen molar-refractivity contribution in [3.63, 3.8) is 0 Å². The molecule has 0 spiro atoms. The lowest BCUT2D eigenvalue weighted by Crippen LogP contribution is -2.41. The summed E-state index contributed by atoms with van der Waals surface area (Å²) in [5.41, 5.74) is 3.47. The van der Waals surface area contributed by atoms with E-state index in [0.29, 0.717) is 12.0 Å². The standard InChI is InChI=1S/C23H28O4/c1-6-7-19(25)23(5)9-8-18(27-23)16-12-17(24)21(22(16)26)20-14(3)10-13(2)11-15(20)4/h6,8-11,16,18-19,24-25H,1,7,12H2,2-5H3/t16-,18+,19?,23+/m1/s1. The van der Waals surface area contributed by atoms with Gasteiger partial charge in [0.25, 0.3) is 0 Å². The molecule has 1 aliphatic carbocycles. The SMILES string of the molecule is C=CCC(O)[C@]1(C)C=C[C@@H]([C@H]2CC(O)=C(c3c(C)cc(C)cc3C)C2=O)O1. The van der Waals surface area contributed by atoms with Crippen LogP contribution in [0.3, 0.4) is 0 Å². The number of carbonyl (C=O) groups excluding carboxylic acids is 1. The van der Waals surface area contributed by atoms with Gasteiger partial charge in [0.2, 0.25) is 0 Å². The van der Waals surface area contributed by atoms with Crippen LogP contribution in [0.25, 0.3) is 5.57 Å². The number of hydrogen-bond acceptors (Lipinski definition) is 4. The Kier molecular flexibility index (Phi) is 5.15. The van der Waals surface area contributed by atoms with Crippen LogP contribution in [0, 0.1) is 26.7 Å². The molecule has 0 fully saturated rings. The number of ketones is 1. The average molecular weight is 368 g/mol. The van der Waals surface area contributed by atoms with E-state index in [9.17, 15) is 15.0 Å². The van der Waals surface area contributed by atoms with Gasteiger partial charge in [0.15, 0.2) is 5.78 Å². The Morgan fingerprint density at radius 2 is 1.96 bits per heavy atom. The van der Waals surface area contributed by atoms with E-state index in [-0.39, 0.29) is 18.0 Å². The van der Waals surface area contributed by atoms with Gasteiger partial charge in [-0.15, -0.1) is 6.58 Å². The van der Waals surface area contributed by atoms with Crippen molar-refractivity contribution in [1.29, 1.82) is 0 Å². The first-order chi connectivity index (χ1) is 12.7. The number of aryl methyl sites for hydroxylation is 3. The number of Topliss-reactive ketones (excluding diaryl/α,β-unsaturated/α-hetero) is 1. The summed E-state index contributed by atoms with van der Waals surface area (Å²) in [6, 6.07) is 4.05. The number of allylic oxidation sites excluding steroid dienone is 2. The lowest BCUT2D eigenvalue weighted by atomic mass is 9.89. The Morgan fingerprint density at radius 3 is 2.56 bits per heavy atom. The minimum atomic E-state index is -0.854. The summed E-state index contributed by atoms with van der Waals surface area (Å²) in [4.78, 5) is 13.2. The first-order valence-electron chi connectivity index (χ1n) is 9.38. The maximum Gasteiger partial charge on any atom is 0.173 e. The van der Waals surface area contributed by atoms with Crippen molar-refractivity contribution < 1.29 is 19.7 Å². The predicted octanol–water partition coefficient (Wildman–Crippen LogP) is 4.12. The van der Waals surface area contributed by atoms with Gasteiger partial charge in [0.05, 0.1) is 23.7 Å². The second-order valence-electron chi connectivity index (χ2n) is 7.94. The molecule has 2 aliphatic rings. The van der Waals surface area contributed by atoms with Crippen molar-refractivity contribution in [1.82, 2.24) is 0 Å². The number of aliphatic hydroxyl groups is 2. The molecule has 4 nitrogen and oxygen atoms in total. The highest BCUT2D eigenvalue weighted by atomic mass is 16.5. The molecule has 3 rings (SSSR count). The van der Waals surface area contributed by atoms with Gasteiger partial charge in [-0.1, -0.05) is 35.9 Å². The molecule has 1 aromatic rings. The molecule has 1 aromatic carbocycles. The van der Waals surface area contributed by atoms with E-state index in [1.807, 2.05) is 45.1 Å². The molecule has 0 aromatic heterocycles. The van der Waals surface area contributed by atoms with E-state index in [0.717, 1.165) is 22.3 Å². The molecule has 4 atom stereocenters. The lowest BCUT2D eigenvalue weighted by Gasteiger charge is -2.30. The van der Waals surface area contributed by atoms with Crippen LogP contribution in [-0.2, 0) is 9.53 Å². The van der Waals surface area contributed by atoms with E-state index in [1.54, 1.807) is 13.0 Å². The molecule has 4 heteroatoms. The topological polar surface area (TPSA) is 66.8 Å². The summed E-state index contributed by atoms with van der Waals surface area (Å²) in [5.74, 6) is -0.453. The molecule has 27 heavy (non-hydrogen) atoms. The summed E-state index contributed by atoms with van der Waals surface area (Å²) in [7, 11) is 0. The van der Waals surface area contributed by atoms with Crippen LogP contribution in [0.5, 0.6) is 0 Å². The van der Waals surface area contributed by atoms with Crippen molar-refractivity contribution in [2.45, 2.75) is 58.3 Å². The van der Waals surface area contributed by atoms with Crippen molar-refractivity contribution in [3.05, 3.63) is 65.0 Å². The third kappa shape index (κ3) is 3.40. The zero-order chi connectivity index (χ0) is 19.9. The van der Waals surface area contributed by atoms with Gasteiger partial charge in [0.1, 0.15) is 11.4 Å². The Morgan fingerprint density at radius 1 is 1.33 bits per heavy atom. The van der Waals surface area contributed by atoms with Gasteiger partial charge >= 0.3 is 0 Å². The lowest BCUT2D eigenvalue weighted by molar-refractivity contribution is -0.129. The third-order valence-corrected chi connectivity index (χ3v) is 5.67. The van der Waals surface area contributed by atoms with Crippen molar-refractivity contribution in [2.75, 3.05) is 0 Å². The van der Waals surface area contributed by atoms with Gasteiger partial charge in [-0.3, -0.25) is 4.79 Å². The first-order valence-corrected chi connectivity index (χ1v) is 9.38. The molecule has 1 aliphatic heterocycles. The molecular weight excluding hydrogens is 340 g/mol. The second kappa shape index (κ2) is 7.10. The van der Waals surface area contributed by atoms with Gasteiger partial charge in [-0.2, -0.15) is 0 Å². The number of carbonyl (C=O) groups is 1. The minimum Gasteiger partial charge on any atom is -0.512 e. The number of hydrogen-bond donors (Lipinski definition) is 2. The van der Waals surface area contributed by atoms with Crippen LogP contribution < -0.4 is 0 Å². The van der Waals surface area contributed by atoms with Crippen molar-refractivity contribution in [2.24, 2.45) is 5.92 Å². The minimum absolute atomic E-state index is 0.0975. The highest BCUT2D eigenvalue weighted by Gasteiger charge is 2.46. The summed E-state index contributed by atoms with van der Waals surface area (Å²) >= 11 is 0. The van der Waals surface area contributed by atoms with E-state index < -0.39 is 23.7 Å². The molecule has 0 bridgehead atoms. The smallest absolute Gasteiger partial charge is 0.173 e. The normalized spacial score (nSPS) is 28.9. The van der Waals surface area contributed by atoms with Gasteiger partial charge in [-0.25, -0.2) is 0 Å². The maximum absolute atomic E-state index is 13.2. The molecule has 0 saturated carbocycles. The molecule has 0 radical (unpaired) electrons. The average Bonchev–Trinajstić information content (AvgIpc) is 3.10. The molecular formula is C23H28O4. The Labute approximate surface area is 160 Å². The quantitative estimate of drug-likeness (QED) is 0.767. The fraction of sp³-hybridized carbons (Fsp3) is 0.435. The summed E-state index contributed by atoms with van der Waals surface area (Å²) in [6.45, 7) is 11.4. The molecule has 1 unspecified atom stereocenters. The number of rotatable bonds is 5. The van der Waals surface area contributed by atoms with Crippen LogP contribution in [0.15, 0.2) is 42.7 Å². The van der Waals surface area contributed by atoms with Crippen molar-refractivity contribution >= 4 is 11.4 Å². The molecule has 0 saturated heterocycles. The Balaban J connectivity index is 1.85. The zero-order valence-corrected chi connectivity index (χ0v) is 16.5. The van der Waals surface area contributed by atoms with E-state index in [4.69, 9.17) is 4.74 Å². The van der Waals surface area contributed by atoms with Crippen LogP contribution >= 0.6 is 0 Å². The fourth-order valence-corrected chi connectivity index (χ4v) is 4.29. The predicted molar refractivity (Wildman–Crippen MR) is 107 cm³/mol. The number of benzene rings is 1. The van der Waals surface area contributed by atoms with Gasteiger partial charge in [0, 0.05) is 6.42 Å². The number of aliphatic hydroxyl groups excluding tert-OH is 2. The summed E-state index contributed by atoms with van der Waals surface area (Å²) < 4.78 is 6.06. The number of ether oxygens (including phenoxy) is 1. The molecule has 0 amide bonds. The largest absolute Gasteiger partial charge is 0.512 e. The van der Waals surface area contributed by atoms with Gasteiger partial charge in [-0.05, 0) is 50.8 Å². The van der Waals surface area contributed by atoms with E-state index in [2.05, 4.69) is 6.58 Å². The molecule has 2 N–H and O–H groups in total. The third-order valence-electron chi connectivity index (χ3n) is 5.67. The summed E-state index contributed by atoms with van der Waals surface area (Å²) in [5, 5.41) is 20.9. The zero-order valence-electron chi connectivity index (χ0n) is 16.5. The van der Waals surface area contributed by atoms with E-state index in [1.165, 1.54) is 0 Å². The molecule has 144 valence electrons. The molecule has 1 heterocycles. The van der Waals surface area contributed by atoms with Crippen LogP contribution in [0.1, 0.15) is 42.0 Å². The Hall–Kier alpha value is -2.17.